The van der Waals surface area contributed by atoms with Crippen LogP contribution in [0.2, 0.25) is 0 Å². The van der Waals surface area contributed by atoms with E-state index in [0.29, 0.717) is 57.0 Å². The standard InChI is InChI=1S/C25H19F9N4O3/c1-22(2,24(30,31)25(32,33)34)36-21(40)13-6-38(17-14(27)3-11(26)4-15(17)28)19-12(18(13)39)5-16(29)20(35-19)37-7-23(8-37)9-41-10-23/h3-6H,7-10H2,1-2H3,(H,36,40). The predicted molar refractivity (Wildman–Crippen MR) is 125 cm³/mol. The van der Waals surface area contributed by atoms with Crippen molar-refractivity contribution in [1.82, 2.24) is 14.9 Å². The molecule has 1 amide bonds. The fraction of sp³-hybridized carbons (Fsp3) is 0.400. The zero-order valence-electron chi connectivity index (χ0n) is 21.1. The monoisotopic (exact) mass is 594 g/mol. The lowest BCUT2D eigenvalue weighted by molar-refractivity contribution is -0.305. The van der Waals surface area contributed by atoms with Gasteiger partial charge in [-0.15, -0.1) is 0 Å². The number of halogens is 9. The van der Waals surface area contributed by atoms with Crippen LogP contribution in [-0.2, 0) is 4.74 Å². The second-order valence-electron chi connectivity index (χ2n) is 10.6. The number of rotatable bonds is 5. The van der Waals surface area contributed by atoms with Gasteiger partial charge in [-0.2, -0.15) is 22.0 Å². The van der Waals surface area contributed by atoms with Crippen LogP contribution in [0.25, 0.3) is 16.7 Å². The van der Waals surface area contributed by atoms with Crippen LogP contribution in [0.15, 0.2) is 29.2 Å². The lowest BCUT2D eigenvalue weighted by atomic mass is 9.78. The van der Waals surface area contributed by atoms with Gasteiger partial charge in [0.1, 0.15) is 22.6 Å². The number of hydrogen-bond donors (Lipinski definition) is 1. The van der Waals surface area contributed by atoms with Crippen molar-refractivity contribution >= 4 is 22.8 Å². The summed E-state index contributed by atoms with van der Waals surface area (Å²) in [6.45, 7) is 2.12. The lowest BCUT2D eigenvalue weighted by Crippen LogP contribution is -2.66. The van der Waals surface area contributed by atoms with Crippen LogP contribution >= 0.6 is 0 Å². The van der Waals surface area contributed by atoms with Crippen molar-refractivity contribution in [2.24, 2.45) is 5.41 Å². The molecule has 4 heterocycles. The van der Waals surface area contributed by atoms with Gasteiger partial charge in [0, 0.05) is 31.4 Å². The van der Waals surface area contributed by atoms with E-state index in [1.54, 1.807) is 0 Å². The molecule has 1 spiro atoms. The van der Waals surface area contributed by atoms with Gasteiger partial charge < -0.3 is 15.0 Å². The number of alkyl halides is 5. The van der Waals surface area contributed by atoms with Crippen molar-refractivity contribution in [3.05, 3.63) is 63.5 Å². The summed E-state index contributed by atoms with van der Waals surface area (Å²) in [4.78, 5) is 31.7. The van der Waals surface area contributed by atoms with Crippen LogP contribution in [0, 0.1) is 28.7 Å². The van der Waals surface area contributed by atoms with Crippen LogP contribution in [0.5, 0.6) is 0 Å². The van der Waals surface area contributed by atoms with Gasteiger partial charge in [0.15, 0.2) is 28.9 Å². The Morgan fingerprint density at radius 2 is 1.56 bits per heavy atom. The molecular weight excluding hydrogens is 575 g/mol. The van der Waals surface area contributed by atoms with E-state index in [2.05, 4.69) is 4.98 Å². The van der Waals surface area contributed by atoms with Gasteiger partial charge in [0.25, 0.3) is 5.91 Å². The fourth-order valence-corrected chi connectivity index (χ4v) is 4.80. The largest absolute Gasteiger partial charge is 0.455 e. The first-order valence-corrected chi connectivity index (χ1v) is 11.9. The molecule has 16 heteroatoms. The number of aromatic nitrogens is 2. The predicted octanol–water partition coefficient (Wildman–Crippen LogP) is 4.48. The van der Waals surface area contributed by atoms with Crippen molar-refractivity contribution in [3.63, 3.8) is 0 Å². The molecule has 2 aromatic heterocycles. The Kier molecular flexibility index (Phi) is 6.36. The minimum Gasteiger partial charge on any atom is -0.380 e. The van der Waals surface area contributed by atoms with Crippen LogP contribution in [0.1, 0.15) is 24.2 Å². The van der Waals surface area contributed by atoms with E-state index in [1.807, 2.05) is 0 Å². The molecule has 2 fully saturated rings. The zero-order valence-corrected chi connectivity index (χ0v) is 21.1. The van der Waals surface area contributed by atoms with Gasteiger partial charge in [-0.1, -0.05) is 0 Å². The second-order valence-corrected chi connectivity index (χ2v) is 10.6. The minimum absolute atomic E-state index is 0.231. The minimum atomic E-state index is -6.10. The summed E-state index contributed by atoms with van der Waals surface area (Å²) in [5.74, 6) is -13.1. The molecule has 0 bridgehead atoms. The molecule has 0 unspecified atom stereocenters. The number of carbonyl (C=O) groups is 1. The molecule has 2 aliphatic heterocycles. The molecule has 3 aromatic rings. The number of nitrogens with zero attached hydrogens (tertiary/aromatic N) is 3. The summed E-state index contributed by atoms with van der Waals surface area (Å²) < 4.78 is 131. The molecule has 2 aliphatic rings. The van der Waals surface area contributed by atoms with E-state index in [1.165, 1.54) is 10.2 Å². The van der Waals surface area contributed by atoms with Crippen molar-refractivity contribution in [1.29, 1.82) is 0 Å². The van der Waals surface area contributed by atoms with Crippen molar-refractivity contribution < 1.29 is 49.0 Å². The Balaban J connectivity index is 1.68. The Morgan fingerprint density at radius 3 is 2.07 bits per heavy atom. The van der Waals surface area contributed by atoms with Gasteiger partial charge in [-0.25, -0.2) is 22.5 Å². The number of carbonyl (C=O) groups excluding carboxylic acids is 1. The van der Waals surface area contributed by atoms with Gasteiger partial charge >= 0.3 is 12.1 Å². The number of pyridine rings is 2. The molecular formula is C25H19F9N4O3. The smallest absolute Gasteiger partial charge is 0.380 e. The van der Waals surface area contributed by atoms with Gasteiger partial charge in [0.05, 0.1) is 24.0 Å². The Morgan fingerprint density at radius 1 is 0.976 bits per heavy atom. The molecule has 0 saturated carbocycles. The first-order valence-electron chi connectivity index (χ1n) is 11.9. The summed E-state index contributed by atoms with van der Waals surface area (Å²) >= 11 is 0. The van der Waals surface area contributed by atoms with Gasteiger partial charge in [-0.3, -0.25) is 14.2 Å². The van der Waals surface area contributed by atoms with Crippen molar-refractivity contribution in [3.8, 4) is 5.69 Å². The number of benzene rings is 1. The molecule has 0 radical (unpaired) electrons. The molecule has 0 atom stereocenters. The van der Waals surface area contributed by atoms with Crippen molar-refractivity contribution in [2.75, 3.05) is 31.2 Å². The number of hydrogen-bond acceptors (Lipinski definition) is 5. The third kappa shape index (κ3) is 4.48. The number of fused-ring (bicyclic) bond motifs is 1. The van der Waals surface area contributed by atoms with E-state index >= 15 is 4.39 Å². The summed E-state index contributed by atoms with van der Waals surface area (Å²) in [7, 11) is 0. The Hall–Kier alpha value is -3.82. The fourth-order valence-electron chi connectivity index (χ4n) is 4.80. The van der Waals surface area contributed by atoms with Crippen molar-refractivity contribution in [2.45, 2.75) is 31.5 Å². The van der Waals surface area contributed by atoms with Crippen LogP contribution in [0.3, 0.4) is 0 Å². The molecule has 2 saturated heterocycles. The number of anilines is 1. The Bertz CT molecular complexity index is 1620. The second kappa shape index (κ2) is 9.09. The quantitative estimate of drug-likeness (QED) is 0.441. The maximum Gasteiger partial charge on any atom is 0.455 e. The highest BCUT2D eigenvalue weighted by Crippen LogP contribution is 2.43. The average Bonchev–Trinajstić information content (AvgIpc) is 2.77. The van der Waals surface area contributed by atoms with E-state index in [9.17, 15) is 44.7 Å². The topological polar surface area (TPSA) is 76.5 Å². The first kappa shape index (κ1) is 28.7. The highest BCUT2D eigenvalue weighted by molar-refractivity contribution is 5.98. The number of amides is 1. The highest BCUT2D eigenvalue weighted by Gasteiger charge is 2.67. The maximum absolute atomic E-state index is 15.2. The summed E-state index contributed by atoms with van der Waals surface area (Å²) in [5, 5.41) is 0.663. The normalized spacial score (nSPS) is 17.0. The Labute approximate surface area is 224 Å². The molecule has 1 N–H and O–H groups in total. The molecule has 1 aromatic carbocycles. The highest BCUT2D eigenvalue weighted by atomic mass is 19.4. The maximum atomic E-state index is 15.2. The van der Waals surface area contributed by atoms with E-state index in [0.717, 1.165) is 0 Å². The summed E-state index contributed by atoms with van der Waals surface area (Å²) in [5.41, 5.74) is -7.78. The molecule has 7 nitrogen and oxygen atoms in total. The lowest BCUT2D eigenvalue weighted by Gasteiger charge is -2.55. The van der Waals surface area contributed by atoms with E-state index in [-0.39, 0.29) is 23.4 Å². The van der Waals surface area contributed by atoms with E-state index < -0.39 is 74.5 Å². The SMILES string of the molecule is CC(C)(NC(=O)c1cn(-c2c(F)cc(F)cc2F)c2nc(N3CC4(COC4)C3)c(F)cc2c1=O)C(F)(F)C(F)(F)F. The zero-order chi connectivity index (χ0) is 30.3. The first-order chi connectivity index (χ1) is 18.9. The molecule has 0 aliphatic carbocycles. The number of nitrogens with one attached hydrogen (secondary N) is 1. The molecule has 220 valence electrons. The van der Waals surface area contributed by atoms with Crippen LogP contribution in [-0.4, -0.2) is 59.4 Å². The van der Waals surface area contributed by atoms with Gasteiger partial charge in [-0.05, 0) is 19.9 Å². The third-order valence-electron chi connectivity index (χ3n) is 7.12. The molecule has 5 rings (SSSR count). The number of ether oxygens (including phenoxy) is 1. The molecule has 41 heavy (non-hydrogen) atoms. The van der Waals surface area contributed by atoms with Crippen LogP contribution < -0.4 is 15.6 Å². The summed E-state index contributed by atoms with van der Waals surface area (Å²) in [6, 6.07) is 1.12. The third-order valence-corrected chi connectivity index (χ3v) is 7.12. The average molecular weight is 594 g/mol. The van der Waals surface area contributed by atoms with Gasteiger partial charge in [0.2, 0.25) is 5.43 Å². The summed E-state index contributed by atoms with van der Waals surface area (Å²) in [6.07, 6.45) is -5.65. The van der Waals surface area contributed by atoms with Crippen LogP contribution in [0.4, 0.5) is 45.3 Å². The van der Waals surface area contributed by atoms with E-state index in [4.69, 9.17) is 4.74 Å².